The second-order valence-corrected chi connectivity index (χ2v) is 6.12. The van der Waals surface area contributed by atoms with Gasteiger partial charge in [0.15, 0.2) is 0 Å². The van der Waals surface area contributed by atoms with Gasteiger partial charge in [-0.15, -0.1) is 0 Å². The van der Waals surface area contributed by atoms with E-state index in [-0.39, 0.29) is 11.9 Å². The molecule has 2 aromatic rings. The van der Waals surface area contributed by atoms with Gasteiger partial charge in [-0.25, -0.2) is 4.39 Å². The molecule has 1 unspecified atom stereocenters. The van der Waals surface area contributed by atoms with Crippen molar-refractivity contribution < 1.29 is 4.39 Å². The van der Waals surface area contributed by atoms with Crippen LogP contribution in [-0.2, 0) is 6.42 Å². The fraction of sp³-hybridized carbons (Fsp3) is 0.294. The molecule has 0 amide bonds. The van der Waals surface area contributed by atoms with E-state index in [4.69, 9.17) is 0 Å². The Bertz CT molecular complexity index is 613. The Morgan fingerprint density at radius 2 is 1.95 bits per heavy atom. The van der Waals surface area contributed by atoms with Gasteiger partial charge in [-0.2, -0.15) is 0 Å². The van der Waals surface area contributed by atoms with Crippen molar-refractivity contribution in [2.45, 2.75) is 12.5 Å². The molecule has 0 bridgehead atoms. The van der Waals surface area contributed by atoms with Crippen LogP contribution in [-0.4, -0.2) is 21.1 Å². The highest BCUT2D eigenvalue weighted by Gasteiger charge is 2.13. The molecule has 1 N–H and O–H groups in total. The summed E-state index contributed by atoms with van der Waals surface area (Å²) in [6.07, 6.45) is 0.728. The molecule has 2 rings (SSSR count). The molecule has 0 aliphatic rings. The van der Waals surface area contributed by atoms with Crippen molar-refractivity contribution in [1.82, 2.24) is 5.32 Å². The number of hydrogen-bond acceptors (Lipinski definition) is 2. The predicted molar refractivity (Wildman–Crippen MR) is 90.4 cm³/mol. The van der Waals surface area contributed by atoms with E-state index in [1.807, 2.05) is 21.1 Å². The summed E-state index contributed by atoms with van der Waals surface area (Å²) in [6, 6.07) is 13.3. The van der Waals surface area contributed by atoms with Gasteiger partial charge < -0.3 is 10.2 Å². The van der Waals surface area contributed by atoms with E-state index in [9.17, 15) is 4.39 Å². The first-order chi connectivity index (χ1) is 10.0. The molecule has 0 saturated heterocycles. The Morgan fingerprint density at radius 1 is 1.19 bits per heavy atom. The number of nitrogens with zero attached hydrogens (tertiary/aromatic N) is 1. The summed E-state index contributed by atoms with van der Waals surface area (Å²) in [5.74, 6) is -0.204. The molecule has 0 aliphatic heterocycles. The lowest BCUT2D eigenvalue weighted by Gasteiger charge is -2.20. The average Bonchev–Trinajstić information content (AvgIpc) is 2.48. The Hall–Kier alpha value is -1.39. The largest absolute Gasteiger partial charge is 0.378 e. The molecule has 0 heterocycles. The van der Waals surface area contributed by atoms with Gasteiger partial charge in [-0.1, -0.05) is 28.1 Å². The first-order valence-electron chi connectivity index (χ1n) is 6.89. The molecule has 0 fully saturated rings. The van der Waals surface area contributed by atoms with Crippen LogP contribution in [0, 0.1) is 5.82 Å². The van der Waals surface area contributed by atoms with Crippen LogP contribution in [0.4, 0.5) is 10.1 Å². The lowest BCUT2D eigenvalue weighted by Crippen LogP contribution is -2.20. The van der Waals surface area contributed by atoms with E-state index in [1.54, 1.807) is 12.1 Å². The minimum absolute atomic E-state index is 0.142. The minimum Gasteiger partial charge on any atom is -0.378 e. The number of hydrogen-bond donors (Lipinski definition) is 1. The van der Waals surface area contributed by atoms with Crippen LogP contribution in [0.2, 0.25) is 0 Å². The molecule has 0 saturated carbocycles. The molecule has 0 aliphatic carbocycles. The molecule has 2 nitrogen and oxygen atoms in total. The van der Waals surface area contributed by atoms with Crippen LogP contribution in [0.25, 0.3) is 0 Å². The highest BCUT2D eigenvalue weighted by molar-refractivity contribution is 9.10. The van der Waals surface area contributed by atoms with Crippen molar-refractivity contribution in [3.05, 3.63) is 63.9 Å². The zero-order chi connectivity index (χ0) is 15.4. The Balaban J connectivity index is 2.27. The number of anilines is 1. The molecule has 0 spiro atoms. The van der Waals surface area contributed by atoms with Crippen LogP contribution in [0.5, 0.6) is 0 Å². The monoisotopic (exact) mass is 350 g/mol. The van der Waals surface area contributed by atoms with Crippen molar-refractivity contribution in [3.63, 3.8) is 0 Å². The molecule has 0 radical (unpaired) electrons. The number of benzene rings is 2. The molecule has 112 valence electrons. The van der Waals surface area contributed by atoms with Gasteiger partial charge in [0.05, 0.1) is 0 Å². The van der Waals surface area contributed by atoms with Crippen molar-refractivity contribution in [2.24, 2.45) is 0 Å². The van der Waals surface area contributed by atoms with Gasteiger partial charge in [0.1, 0.15) is 5.82 Å². The van der Waals surface area contributed by atoms with E-state index < -0.39 is 0 Å². The number of nitrogens with one attached hydrogen (secondary N) is 1. The SMILES string of the molecule is CNC(Cc1cc(F)ccc1Br)c1cccc(N(C)C)c1. The normalized spacial score (nSPS) is 12.2. The summed E-state index contributed by atoms with van der Waals surface area (Å²) in [6.45, 7) is 0. The Labute approximate surface area is 134 Å². The van der Waals surface area contributed by atoms with Crippen LogP contribution in [0.3, 0.4) is 0 Å². The minimum atomic E-state index is -0.204. The molecular formula is C17H20BrFN2. The highest BCUT2D eigenvalue weighted by Crippen LogP contribution is 2.26. The first kappa shape index (κ1) is 16.0. The highest BCUT2D eigenvalue weighted by atomic mass is 79.9. The van der Waals surface area contributed by atoms with Crippen LogP contribution >= 0.6 is 15.9 Å². The summed E-state index contributed by atoms with van der Waals surface area (Å²) in [5.41, 5.74) is 3.32. The third-order valence-electron chi connectivity index (χ3n) is 3.57. The van der Waals surface area contributed by atoms with Gasteiger partial charge in [0, 0.05) is 30.3 Å². The first-order valence-corrected chi connectivity index (χ1v) is 7.69. The van der Waals surface area contributed by atoms with Gasteiger partial charge in [-0.3, -0.25) is 0 Å². The maximum absolute atomic E-state index is 13.4. The van der Waals surface area contributed by atoms with Gasteiger partial charge >= 0.3 is 0 Å². The smallest absolute Gasteiger partial charge is 0.123 e. The van der Waals surface area contributed by atoms with E-state index in [2.05, 4.69) is 50.4 Å². The van der Waals surface area contributed by atoms with E-state index in [0.717, 1.165) is 22.1 Å². The quantitative estimate of drug-likeness (QED) is 0.870. The topological polar surface area (TPSA) is 15.3 Å². The summed E-state index contributed by atoms with van der Waals surface area (Å²) >= 11 is 3.50. The summed E-state index contributed by atoms with van der Waals surface area (Å²) < 4.78 is 14.4. The van der Waals surface area contributed by atoms with E-state index in [1.165, 1.54) is 11.6 Å². The van der Waals surface area contributed by atoms with Gasteiger partial charge in [0.2, 0.25) is 0 Å². The maximum atomic E-state index is 13.4. The van der Waals surface area contributed by atoms with Crippen molar-refractivity contribution in [1.29, 1.82) is 0 Å². The lowest BCUT2D eigenvalue weighted by atomic mass is 9.98. The van der Waals surface area contributed by atoms with E-state index >= 15 is 0 Å². The third kappa shape index (κ3) is 4.05. The number of likely N-dealkylation sites (N-methyl/N-ethyl adjacent to an activating group) is 1. The van der Waals surface area contributed by atoms with Crippen LogP contribution < -0.4 is 10.2 Å². The molecule has 4 heteroatoms. The Morgan fingerprint density at radius 3 is 2.62 bits per heavy atom. The zero-order valence-corrected chi connectivity index (χ0v) is 14.1. The molecule has 0 aromatic heterocycles. The maximum Gasteiger partial charge on any atom is 0.123 e. The second-order valence-electron chi connectivity index (χ2n) is 5.27. The number of rotatable bonds is 5. The van der Waals surface area contributed by atoms with Crippen LogP contribution in [0.15, 0.2) is 46.9 Å². The molecule has 21 heavy (non-hydrogen) atoms. The lowest BCUT2D eigenvalue weighted by molar-refractivity contribution is 0.583. The third-order valence-corrected chi connectivity index (χ3v) is 4.34. The van der Waals surface area contributed by atoms with Crippen molar-refractivity contribution in [2.75, 3.05) is 26.0 Å². The second kappa shape index (κ2) is 7.05. The molecule has 1 atom stereocenters. The fourth-order valence-electron chi connectivity index (χ4n) is 2.33. The summed E-state index contributed by atoms with van der Waals surface area (Å²) in [4.78, 5) is 2.08. The zero-order valence-electron chi connectivity index (χ0n) is 12.5. The Kier molecular flexibility index (Phi) is 5.37. The predicted octanol–water partition coefficient (Wildman–Crippen LogP) is 4.16. The summed E-state index contributed by atoms with van der Waals surface area (Å²) in [7, 11) is 5.98. The summed E-state index contributed by atoms with van der Waals surface area (Å²) in [5, 5.41) is 3.32. The number of halogens is 2. The van der Waals surface area contributed by atoms with Crippen molar-refractivity contribution in [3.8, 4) is 0 Å². The average molecular weight is 351 g/mol. The molecule has 2 aromatic carbocycles. The fourth-order valence-corrected chi connectivity index (χ4v) is 2.73. The van der Waals surface area contributed by atoms with Crippen LogP contribution in [0.1, 0.15) is 17.2 Å². The molecular weight excluding hydrogens is 331 g/mol. The van der Waals surface area contributed by atoms with Gasteiger partial charge in [-0.05, 0) is 54.9 Å². The standard InChI is InChI=1S/C17H20BrFN2/c1-20-17(11-13-9-14(19)7-8-16(13)18)12-5-4-6-15(10-12)21(2)3/h4-10,17,20H,11H2,1-3H3. The van der Waals surface area contributed by atoms with Crippen molar-refractivity contribution >= 4 is 21.6 Å². The van der Waals surface area contributed by atoms with Gasteiger partial charge in [0.25, 0.3) is 0 Å². The van der Waals surface area contributed by atoms with E-state index in [0.29, 0.717) is 0 Å².